The van der Waals surface area contributed by atoms with E-state index in [0.717, 1.165) is 52.2 Å². The second-order valence-corrected chi connectivity index (χ2v) is 12.9. The molecule has 3 N–H and O–H groups in total. The van der Waals surface area contributed by atoms with Gasteiger partial charge in [-0.3, -0.25) is 0 Å². The topological polar surface area (TPSA) is 92.3 Å². The Morgan fingerprint density at radius 3 is 2.25 bits per heavy atom. The van der Waals surface area contributed by atoms with Crippen molar-refractivity contribution < 1.29 is 24.1 Å². The predicted molar refractivity (Wildman–Crippen MR) is 201 cm³/mol. The number of aliphatic hydroxyl groups is 1. The van der Waals surface area contributed by atoms with E-state index >= 15 is 0 Å². The van der Waals surface area contributed by atoms with E-state index in [1.165, 1.54) is 0 Å². The highest BCUT2D eigenvalue weighted by Crippen LogP contribution is 2.42. The largest absolute Gasteiger partial charge is 0.457 e. The number of rotatable bonds is 13. The van der Waals surface area contributed by atoms with Gasteiger partial charge < -0.3 is 34.9 Å². The molecule has 1 saturated heterocycles. The van der Waals surface area contributed by atoms with Gasteiger partial charge in [-0.05, 0) is 83.4 Å². The zero-order valence-corrected chi connectivity index (χ0v) is 29.1. The van der Waals surface area contributed by atoms with E-state index in [0.29, 0.717) is 18.0 Å². The van der Waals surface area contributed by atoms with Crippen LogP contribution in [0.1, 0.15) is 41.6 Å². The molecule has 1 aliphatic rings. The molecule has 8 nitrogen and oxygen atoms in total. The van der Waals surface area contributed by atoms with Crippen molar-refractivity contribution in [3.63, 3.8) is 0 Å². The van der Waals surface area contributed by atoms with Gasteiger partial charge in [0, 0.05) is 36.8 Å². The fraction of sp³-hybridized carbons (Fsp3) is 0.233. The van der Waals surface area contributed by atoms with Crippen LogP contribution in [0.25, 0.3) is 11.1 Å². The zero-order chi connectivity index (χ0) is 35.6. The van der Waals surface area contributed by atoms with E-state index in [1.807, 2.05) is 109 Å². The van der Waals surface area contributed by atoms with Gasteiger partial charge in [0.15, 0.2) is 6.29 Å². The standard InChI is InChI=1S/C43H45N3O5/c1-4-24-46(3)28-40-30(2)41(33-18-16-31(29-47)17-19-33)51-42(50-40)36-13-9-12-35(26-36)34-11-8-10-32(25-34)27-44-43(48)45-37-20-22-39(23-21-37)49-38-14-6-5-7-15-38/h4-23,25-26,30,40-42,47H,1,24,27-29H2,2-3H3,(H2,44,45,48)/t30-,40+,41+,42+/m1/s1. The highest BCUT2D eigenvalue weighted by Gasteiger charge is 2.38. The lowest BCUT2D eigenvalue weighted by Crippen LogP contribution is -2.43. The van der Waals surface area contributed by atoms with Crippen molar-refractivity contribution in [2.45, 2.75) is 38.6 Å². The number of nitrogens with one attached hydrogen (secondary N) is 2. The summed E-state index contributed by atoms with van der Waals surface area (Å²) < 4.78 is 19.2. The van der Waals surface area contributed by atoms with Gasteiger partial charge in [0.2, 0.25) is 0 Å². The van der Waals surface area contributed by atoms with Gasteiger partial charge >= 0.3 is 6.03 Å². The second-order valence-electron chi connectivity index (χ2n) is 12.9. The van der Waals surface area contributed by atoms with E-state index in [4.69, 9.17) is 14.2 Å². The number of carbonyl (C=O) groups is 1. The van der Waals surface area contributed by atoms with Crippen LogP contribution >= 0.6 is 0 Å². The highest BCUT2D eigenvalue weighted by atomic mass is 16.7. The Balaban J connectivity index is 1.11. The molecule has 0 spiro atoms. The summed E-state index contributed by atoms with van der Waals surface area (Å²) in [5, 5.41) is 15.4. The number of amides is 2. The third kappa shape index (κ3) is 9.51. The molecule has 0 unspecified atom stereocenters. The van der Waals surface area contributed by atoms with Crippen LogP contribution in [-0.2, 0) is 22.6 Å². The minimum absolute atomic E-state index is 0.000197. The first-order chi connectivity index (χ1) is 24.9. The number of ether oxygens (including phenoxy) is 3. The maximum atomic E-state index is 12.8. The van der Waals surface area contributed by atoms with Crippen molar-refractivity contribution in [2.24, 2.45) is 5.92 Å². The van der Waals surface area contributed by atoms with Crippen molar-refractivity contribution in [3.05, 3.63) is 162 Å². The van der Waals surface area contributed by atoms with Crippen LogP contribution in [0.5, 0.6) is 11.5 Å². The molecule has 1 fully saturated rings. The predicted octanol–water partition coefficient (Wildman–Crippen LogP) is 8.87. The fourth-order valence-corrected chi connectivity index (χ4v) is 6.24. The van der Waals surface area contributed by atoms with Crippen LogP contribution in [0, 0.1) is 5.92 Å². The summed E-state index contributed by atoms with van der Waals surface area (Å²) in [7, 11) is 2.07. The average molecular weight is 684 g/mol. The van der Waals surface area contributed by atoms with E-state index in [9.17, 15) is 9.90 Å². The van der Waals surface area contributed by atoms with Crippen molar-refractivity contribution >= 4 is 11.7 Å². The first-order valence-electron chi connectivity index (χ1n) is 17.3. The van der Waals surface area contributed by atoms with E-state index in [-0.39, 0.29) is 30.8 Å². The number of anilines is 1. The Kier molecular flexibility index (Phi) is 11.9. The second kappa shape index (κ2) is 17.1. The van der Waals surface area contributed by atoms with E-state index in [2.05, 4.69) is 60.3 Å². The van der Waals surface area contributed by atoms with Gasteiger partial charge in [-0.1, -0.05) is 91.9 Å². The molecular formula is C43H45N3O5. The molecular weight excluding hydrogens is 638 g/mol. The third-order valence-electron chi connectivity index (χ3n) is 9.02. The van der Waals surface area contributed by atoms with Crippen molar-refractivity contribution in [1.82, 2.24) is 10.2 Å². The first kappa shape index (κ1) is 35.6. The van der Waals surface area contributed by atoms with E-state index in [1.54, 1.807) is 0 Å². The lowest BCUT2D eigenvalue weighted by Gasteiger charge is -2.42. The molecule has 4 atom stereocenters. The van der Waals surface area contributed by atoms with Gasteiger partial charge in [0.1, 0.15) is 11.5 Å². The van der Waals surface area contributed by atoms with Gasteiger partial charge in [-0.15, -0.1) is 6.58 Å². The van der Waals surface area contributed by atoms with Crippen LogP contribution in [0.4, 0.5) is 10.5 Å². The van der Waals surface area contributed by atoms with Gasteiger partial charge in [-0.2, -0.15) is 0 Å². The van der Waals surface area contributed by atoms with Gasteiger partial charge in [0.25, 0.3) is 0 Å². The molecule has 0 saturated carbocycles. The molecule has 6 rings (SSSR count). The number of benzene rings is 5. The summed E-state index contributed by atoms with van der Waals surface area (Å²) >= 11 is 0. The maximum Gasteiger partial charge on any atom is 0.319 e. The molecule has 0 aliphatic carbocycles. The number of hydrogen-bond donors (Lipinski definition) is 3. The molecule has 5 aromatic carbocycles. The Hall–Kier alpha value is -5.25. The molecule has 0 radical (unpaired) electrons. The van der Waals surface area contributed by atoms with Gasteiger partial charge in [0.05, 0.1) is 18.8 Å². The Morgan fingerprint density at radius 1 is 0.824 bits per heavy atom. The lowest BCUT2D eigenvalue weighted by molar-refractivity contribution is -0.275. The number of hydrogen-bond acceptors (Lipinski definition) is 6. The highest BCUT2D eigenvalue weighted by molar-refractivity contribution is 5.89. The Bertz CT molecular complexity index is 1880. The number of aliphatic hydroxyl groups excluding tert-OH is 1. The Morgan fingerprint density at radius 2 is 1.53 bits per heavy atom. The molecule has 51 heavy (non-hydrogen) atoms. The number of nitrogens with zero attached hydrogens (tertiary/aromatic N) is 1. The van der Waals surface area contributed by atoms with Crippen molar-refractivity contribution in [1.29, 1.82) is 0 Å². The molecule has 8 heteroatoms. The first-order valence-corrected chi connectivity index (χ1v) is 17.3. The normalized spacial score (nSPS) is 18.6. The molecule has 262 valence electrons. The number of para-hydroxylation sites is 1. The smallest absolute Gasteiger partial charge is 0.319 e. The minimum Gasteiger partial charge on any atom is -0.457 e. The number of likely N-dealkylation sites (N-methyl/N-ethyl adjacent to an activating group) is 1. The number of urea groups is 1. The summed E-state index contributed by atoms with van der Waals surface area (Å²) in [6.45, 7) is 7.91. The monoisotopic (exact) mass is 683 g/mol. The summed E-state index contributed by atoms with van der Waals surface area (Å²) in [6.07, 6.45) is 1.05. The number of carbonyl (C=O) groups excluding carboxylic acids is 1. The molecule has 1 aliphatic heterocycles. The van der Waals surface area contributed by atoms with Crippen LogP contribution in [-0.4, -0.2) is 42.3 Å². The van der Waals surface area contributed by atoms with Crippen molar-refractivity contribution in [2.75, 3.05) is 25.5 Å². The zero-order valence-electron chi connectivity index (χ0n) is 29.1. The molecule has 0 bridgehead atoms. The summed E-state index contributed by atoms with van der Waals surface area (Å²) in [5.74, 6) is 1.53. The average Bonchev–Trinajstić information content (AvgIpc) is 3.16. The van der Waals surface area contributed by atoms with Gasteiger partial charge in [-0.25, -0.2) is 4.79 Å². The summed E-state index contributed by atoms with van der Waals surface area (Å²) in [6, 6.07) is 40.9. The Labute approximate surface area is 300 Å². The molecule has 1 heterocycles. The van der Waals surface area contributed by atoms with Crippen LogP contribution in [0.3, 0.4) is 0 Å². The van der Waals surface area contributed by atoms with Crippen LogP contribution < -0.4 is 15.4 Å². The van der Waals surface area contributed by atoms with Crippen LogP contribution in [0.2, 0.25) is 0 Å². The molecule has 0 aromatic heterocycles. The fourth-order valence-electron chi connectivity index (χ4n) is 6.24. The SMILES string of the molecule is C=CCN(C)C[C@@H]1O[C@H](c2cccc(-c3cccc(CNC(=O)Nc4ccc(Oc5ccccc5)cc4)c3)c2)O[C@H](c2ccc(CO)cc2)[C@@H]1C. The van der Waals surface area contributed by atoms with Crippen LogP contribution in [0.15, 0.2) is 140 Å². The quantitative estimate of drug-likeness (QED) is 0.107. The molecule has 2 amide bonds. The maximum absolute atomic E-state index is 12.8. The van der Waals surface area contributed by atoms with E-state index < -0.39 is 6.29 Å². The third-order valence-corrected chi connectivity index (χ3v) is 9.02. The van der Waals surface area contributed by atoms with Crippen molar-refractivity contribution in [3.8, 4) is 22.6 Å². The minimum atomic E-state index is -0.571. The summed E-state index contributed by atoms with van der Waals surface area (Å²) in [5.41, 5.74) is 6.52. The summed E-state index contributed by atoms with van der Waals surface area (Å²) in [4.78, 5) is 15.0. The lowest BCUT2D eigenvalue weighted by atomic mass is 9.90. The molecule has 5 aromatic rings.